The lowest BCUT2D eigenvalue weighted by molar-refractivity contribution is 0.253. The molecule has 7 heteroatoms. The molecule has 2 amide bonds. The Morgan fingerprint density at radius 3 is 2.28 bits per heavy atom. The Balaban J connectivity index is 1.88. The molecular weight excluding hydrogens is 408 g/mol. The van der Waals surface area contributed by atoms with Crippen molar-refractivity contribution < 1.29 is 13.2 Å². The van der Waals surface area contributed by atoms with E-state index in [9.17, 15) is 13.2 Å². The first-order valence-corrected chi connectivity index (χ1v) is 10.9. The van der Waals surface area contributed by atoms with Gasteiger partial charge in [0.1, 0.15) is 4.90 Å². The predicted molar refractivity (Wildman–Crippen MR) is 115 cm³/mol. The molecule has 29 heavy (non-hydrogen) atoms. The fourth-order valence-corrected chi connectivity index (χ4v) is 5.29. The van der Waals surface area contributed by atoms with Gasteiger partial charge < -0.3 is 0 Å². The zero-order valence-corrected chi connectivity index (χ0v) is 17.5. The topological polar surface area (TPSA) is 57.7 Å². The van der Waals surface area contributed by atoms with Crippen LogP contribution in [0.1, 0.15) is 16.7 Å². The van der Waals surface area contributed by atoms with Gasteiger partial charge in [-0.1, -0.05) is 53.6 Å². The number of hydrogen-bond donors (Lipinski definition) is 0. The summed E-state index contributed by atoms with van der Waals surface area (Å²) in [4.78, 5) is 15.0. The molecular formula is C22H19ClN2O3S. The lowest BCUT2D eigenvalue weighted by Crippen LogP contribution is -2.51. The minimum atomic E-state index is -4.03. The van der Waals surface area contributed by atoms with E-state index in [1.54, 1.807) is 49.4 Å². The largest absolute Gasteiger partial charge is 0.343 e. The second-order valence-electron chi connectivity index (χ2n) is 7.02. The molecule has 5 nitrogen and oxygen atoms in total. The number of urea groups is 1. The summed E-state index contributed by atoms with van der Waals surface area (Å²) in [6, 6.07) is 18.4. The van der Waals surface area contributed by atoms with Crippen LogP contribution >= 0.6 is 11.6 Å². The number of sulfonamides is 1. The second kappa shape index (κ2) is 7.21. The maximum absolute atomic E-state index is 13.5. The molecule has 3 aromatic rings. The molecule has 0 radical (unpaired) electrons. The van der Waals surface area contributed by atoms with Crippen LogP contribution in [0.4, 0.5) is 16.2 Å². The van der Waals surface area contributed by atoms with Crippen molar-refractivity contribution >= 4 is 39.0 Å². The Bertz CT molecular complexity index is 1210. The minimum absolute atomic E-state index is 0.105. The molecule has 0 unspecified atom stereocenters. The van der Waals surface area contributed by atoms with Crippen molar-refractivity contribution in [2.45, 2.75) is 25.3 Å². The van der Waals surface area contributed by atoms with E-state index < -0.39 is 16.1 Å². The summed E-state index contributed by atoms with van der Waals surface area (Å²) in [5.41, 5.74) is 3.28. The fraction of sp³-hybridized carbons (Fsp3) is 0.136. The van der Waals surface area contributed by atoms with E-state index >= 15 is 0 Å². The molecule has 0 fully saturated rings. The van der Waals surface area contributed by atoms with Gasteiger partial charge in [0.05, 0.1) is 17.9 Å². The van der Waals surface area contributed by atoms with Gasteiger partial charge in [-0.05, 0) is 55.3 Å². The van der Waals surface area contributed by atoms with Gasteiger partial charge >= 0.3 is 6.03 Å². The van der Waals surface area contributed by atoms with E-state index in [0.717, 1.165) is 15.4 Å². The Labute approximate surface area is 175 Å². The molecule has 0 saturated heterocycles. The lowest BCUT2D eigenvalue weighted by Gasteiger charge is -2.36. The Morgan fingerprint density at radius 1 is 0.897 bits per heavy atom. The van der Waals surface area contributed by atoms with E-state index in [2.05, 4.69) is 0 Å². The van der Waals surface area contributed by atoms with Crippen LogP contribution in [0.3, 0.4) is 0 Å². The highest BCUT2D eigenvalue weighted by atomic mass is 35.5. The predicted octanol–water partition coefficient (Wildman–Crippen LogP) is 5.29. The van der Waals surface area contributed by atoms with Crippen molar-refractivity contribution in [3.8, 4) is 0 Å². The molecule has 1 aliphatic rings. The van der Waals surface area contributed by atoms with E-state index in [1.165, 1.54) is 11.0 Å². The first-order valence-electron chi connectivity index (χ1n) is 9.06. The third-order valence-electron chi connectivity index (χ3n) is 4.90. The van der Waals surface area contributed by atoms with Crippen LogP contribution in [0.25, 0.3) is 0 Å². The molecule has 148 valence electrons. The van der Waals surface area contributed by atoms with Gasteiger partial charge in [-0.25, -0.2) is 13.2 Å². The van der Waals surface area contributed by atoms with Crippen LogP contribution < -0.4 is 9.21 Å². The molecule has 4 rings (SSSR count). The normalized spacial score (nSPS) is 15.3. The van der Waals surface area contributed by atoms with Gasteiger partial charge in [-0.3, -0.25) is 4.90 Å². The quantitative estimate of drug-likeness (QED) is 0.571. The van der Waals surface area contributed by atoms with E-state index in [1.807, 2.05) is 25.1 Å². The van der Waals surface area contributed by atoms with Gasteiger partial charge in [0.2, 0.25) is 0 Å². The third kappa shape index (κ3) is 3.39. The van der Waals surface area contributed by atoms with Crippen LogP contribution in [-0.2, 0) is 16.6 Å². The number of aryl methyl sites for hydroxylation is 2. The number of hydrogen-bond acceptors (Lipinski definition) is 3. The Kier molecular flexibility index (Phi) is 4.84. The summed E-state index contributed by atoms with van der Waals surface area (Å²) in [6.45, 7) is 3.95. The molecule has 3 aromatic carbocycles. The summed E-state index contributed by atoms with van der Waals surface area (Å²) < 4.78 is 27.6. The summed E-state index contributed by atoms with van der Waals surface area (Å²) in [7, 11) is -4.03. The standard InChI is InChI=1S/C22H19ClN2O3S/c1-15-7-12-19(16(2)13-15)25-22(26)24(14-17-8-10-18(23)11-9-17)20-5-3-4-6-21(20)29(25,27)28/h3-13H,14H2,1-2H3. The third-order valence-corrected chi connectivity index (χ3v) is 6.89. The maximum Gasteiger partial charge on any atom is 0.343 e. The van der Waals surface area contributed by atoms with Crippen molar-refractivity contribution in [1.82, 2.24) is 0 Å². The number of benzene rings is 3. The van der Waals surface area contributed by atoms with Crippen molar-refractivity contribution in [1.29, 1.82) is 0 Å². The SMILES string of the molecule is Cc1ccc(N2C(=O)N(Cc3ccc(Cl)cc3)c3ccccc3S2(=O)=O)c(C)c1. The molecule has 0 atom stereocenters. The van der Waals surface area contributed by atoms with Crippen molar-refractivity contribution in [2.24, 2.45) is 0 Å². The highest BCUT2D eigenvalue weighted by Gasteiger charge is 2.42. The van der Waals surface area contributed by atoms with Crippen LogP contribution in [0.5, 0.6) is 0 Å². The van der Waals surface area contributed by atoms with Gasteiger partial charge in [0.15, 0.2) is 0 Å². The minimum Gasteiger partial charge on any atom is -0.287 e. The van der Waals surface area contributed by atoms with Gasteiger partial charge in [-0.15, -0.1) is 0 Å². The van der Waals surface area contributed by atoms with Crippen LogP contribution in [0.2, 0.25) is 5.02 Å². The maximum atomic E-state index is 13.5. The second-order valence-corrected chi connectivity index (χ2v) is 9.21. The van der Waals surface area contributed by atoms with Gasteiger partial charge in [0.25, 0.3) is 10.0 Å². The van der Waals surface area contributed by atoms with Crippen molar-refractivity contribution in [3.05, 3.63) is 88.4 Å². The van der Waals surface area contributed by atoms with E-state index in [4.69, 9.17) is 11.6 Å². The number of anilines is 2. The molecule has 1 heterocycles. The van der Waals surface area contributed by atoms with Crippen molar-refractivity contribution in [2.75, 3.05) is 9.21 Å². The number of fused-ring (bicyclic) bond motifs is 1. The monoisotopic (exact) mass is 426 g/mol. The average molecular weight is 427 g/mol. The molecule has 0 aromatic heterocycles. The van der Waals surface area contributed by atoms with Crippen LogP contribution in [-0.4, -0.2) is 14.4 Å². The number of carbonyl (C=O) groups excluding carboxylic acids is 1. The molecule has 0 bridgehead atoms. The Hall–Kier alpha value is -2.83. The Morgan fingerprint density at radius 2 is 1.59 bits per heavy atom. The number of nitrogens with zero attached hydrogens (tertiary/aromatic N) is 2. The van der Waals surface area contributed by atoms with E-state index in [0.29, 0.717) is 22.0 Å². The number of carbonyl (C=O) groups is 1. The molecule has 0 spiro atoms. The smallest absolute Gasteiger partial charge is 0.287 e. The first kappa shape index (κ1) is 19.5. The summed E-state index contributed by atoms with van der Waals surface area (Å²) in [6.07, 6.45) is 0. The highest BCUT2D eigenvalue weighted by molar-refractivity contribution is 7.94. The fourth-order valence-electron chi connectivity index (χ4n) is 3.50. The first-order chi connectivity index (χ1) is 13.8. The number of para-hydroxylation sites is 1. The summed E-state index contributed by atoms with van der Waals surface area (Å²) in [5.74, 6) is 0. The number of halogens is 1. The summed E-state index contributed by atoms with van der Waals surface area (Å²) in [5, 5.41) is 0.596. The van der Waals surface area contributed by atoms with Gasteiger partial charge in [0, 0.05) is 5.02 Å². The molecule has 0 N–H and O–H groups in total. The molecule has 1 aliphatic heterocycles. The van der Waals surface area contributed by atoms with Crippen molar-refractivity contribution in [3.63, 3.8) is 0 Å². The zero-order valence-electron chi connectivity index (χ0n) is 16.0. The number of amides is 2. The number of rotatable bonds is 3. The van der Waals surface area contributed by atoms with Crippen LogP contribution in [0.15, 0.2) is 71.6 Å². The average Bonchev–Trinajstić information content (AvgIpc) is 2.68. The van der Waals surface area contributed by atoms with E-state index in [-0.39, 0.29) is 11.4 Å². The highest BCUT2D eigenvalue weighted by Crippen LogP contribution is 2.39. The zero-order chi connectivity index (χ0) is 20.8. The molecule has 0 saturated carbocycles. The van der Waals surface area contributed by atoms with Crippen LogP contribution in [0, 0.1) is 13.8 Å². The lowest BCUT2D eigenvalue weighted by atomic mass is 10.1. The van der Waals surface area contributed by atoms with Gasteiger partial charge in [-0.2, -0.15) is 4.31 Å². The molecule has 0 aliphatic carbocycles. The summed E-state index contributed by atoms with van der Waals surface area (Å²) >= 11 is 5.97.